The smallest absolute Gasteiger partial charge is 0.277 e. The lowest BCUT2D eigenvalue weighted by molar-refractivity contribution is 0.102. The summed E-state index contributed by atoms with van der Waals surface area (Å²) in [6, 6.07) is 19.8. The maximum Gasteiger partial charge on any atom is 0.277 e. The number of rotatable bonds is 6. The predicted molar refractivity (Wildman–Crippen MR) is 115 cm³/mol. The molecular weight excluding hydrogens is 408 g/mol. The first kappa shape index (κ1) is 19.1. The average molecular weight is 424 g/mol. The molecule has 0 aliphatic rings. The summed E-state index contributed by atoms with van der Waals surface area (Å²) in [7, 11) is 0. The largest absolute Gasteiger partial charge is 0.438 e. The highest BCUT2D eigenvalue weighted by molar-refractivity contribution is 6.02. The van der Waals surface area contributed by atoms with Gasteiger partial charge < -0.3 is 10.1 Å². The average Bonchev–Trinajstić information content (AvgIpc) is 3.54. The van der Waals surface area contributed by atoms with Gasteiger partial charge in [0.2, 0.25) is 5.88 Å². The molecule has 10 heteroatoms. The van der Waals surface area contributed by atoms with E-state index in [4.69, 9.17) is 4.74 Å². The maximum absolute atomic E-state index is 12.5. The molecule has 3 heterocycles. The van der Waals surface area contributed by atoms with E-state index >= 15 is 0 Å². The zero-order chi connectivity index (χ0) is 21.8. The van der Waals surface area contributed by atoms with Crippen LogP contribution >= 0.6 is 0 Å². The van der Waals surface area contributed by atoms with E-state index in [0.717, 1.165) is 5.69 Å². The molecule has 32 heavy (non-hydrogen) atoms. The van der Waals surface area contributed by atoms with E-state index in [1.54, 1.807) is 59.7 Å². The number of benzene rings is 2. The molecule has 0 spiro atoms. The highest BCUT2D eigenvalue weighted by Crippen LogP contribution is 2.21. The van der Waals surface area contributed by atoms with Gasteiger partial charge in [-0.2, -0.15) is 9.90 Å². The number of carbonyl (C=O) groups excluding carboxylic acids is 1. The fraction of sp³-hybridized carbons (Fsp3) is 0. The van der Waals surface area contributed by atoms with Crippen molar-refractivity contribution >= 4 is 11.6 Å². The summed E-state index contributed by atoms with van der Waals surface area (Å²) in [5, 5.41) is 19.3. The van der Waals surface area contributed by atoms with Crippen LogP contribution in [-0.4, -0.2) is 40.6 Å². The summed E-state index contributed by atoms with van der Waals surface area (Å²) >= 11 is 0. The molecule has 0 atom stereocenters. The summed E-state index contributed by atoms with van der Waals surface area (Å²) in [6.45, 7) is 0. The van der Waals surface area contributed by atoms with Gasteiger partial charge in [-0.05, 0) is 42.5 Å². The molecule has 0 saturated heterocycles. The van der Waals surface area contributed by atoms with E-state index in [-0.39, 0.29) is 11.6 Å². The number of amides is 1. The van der Waals surface area contributed by atoms with Crippen LogP contribution in [0.3, 0.4) is 0 Å². The summed E-state index contributed by atoms with van der Waals surface area (Å²) in [5.74, 6) is 1.18. The second kappa shape index (κ2) is 8.48. The van der Waals surface area contributed by atoms with Crippen molar-refractivity contribution in [2.24, 2.45) is 0 Å². The van der Waals surface area contributed by atoms with Gasteiger partial charge in [0.15, 0.2) is 11.5 Å². The quantitative estimate of drug-likeness (QED) is 0.445. The number of nitrogens with zero attached hydrogens (tertiary/aromatic N) is 7. The lowest BCUT2D eigenvalue weighted by Crippen LogP contribution is -2.13. The van der Waals surface area contributed by atoms with Crippen molar-refractivity contribution < 1.29 is 9.53 Å². The highest BCUT2D eigenvalue weighted by Gasteiger charge is 2.12. The Bertz CT molecular complexity index is 1310. The molecule has 5 rings (SSSR count). The van der Waals surface area contributed by atoms with Crippen molar-refractivity contribution in [1.82, 2.24) is 34.7 Å². The third-order valence-corrected chi connectivity index (χ3v) is 4.44. The number of nitrogens with one attached hydrogen (secondary N) is 1. The number of hydrogen-bond acceptors (Lipinski definition) is 7. The molecule has 0 unspecified atom stereocenters. The maximum atomic E-state index is 12.5. The van der Waals surface area contributed by atoms with E-state index in [2.05, 4.69) is 30.7 Å². The molecule has 0 radical (unpaired) electrons. The van der Waals surface area contributed by atoms with E-state index in [1.165, 1.54) is 11.0 Å². The fourth-order valence-electron chi connectivity index (χ4n) is 2.87. The Morgan fingerprint density at radius 2 is 1.78 bits per heavy atom. The minimum absolute atomic E-state index is 0.211. The van der Waals surface area contributed by atoms with Gasteiger partial charge in [0.25, 0.3) is 5.91 Å². The van der Waals surface area contributed by atoms with Gasteiger partial charge in [0.1, 0.15) is 12.1 Å². The first-order chi connectivity index (χ1) is 15.7. The Morgan fingerprint density at radius 1 is 0.938 bits per heavy atom. The van der Waals surface area contributed by atoms with Crippen LogP contribution < -0.4 is 10.1 Å². The lowest BCUT2D eigenvalue weighted by Gasteiger charge is -2.07. The monoisotopic (exact) mass is 424 g/mol. The Morgan fingerprint density at radius 3 is 2.50 bits per heavy atom. The minimum atomic E-state index is -0.359. The molecule has 156 valence electrons. The molecule has 3 aromatic heterocycles. The van der Waals surface area contributed by atoms with Gasteiger partial charge in [-0.15, -0.1) is 15.3 Å². The lowest BCUT2D eigenvalue weighted by atomic mass is 10.3. The van der Waals surface area contributed by atoms with Crippen molar-refractivity contribution in [2.45, 2.75) is 0 Å². The van der Waals surface area contributed by atoms with Gasteiger partial charge in [0.05, 0.1) is 11.9 Å². The highest BCUT2D eigenvalue weighted by atomic mass is 16.5. The number of ether oxygens (including phenoxy) is 1. The zero-order valence-corrected chi connectivity index (χ0v) is 16.6. The molecule has 0 fully saturated rings. The zero-order valence-electron chi connectivity index (χ0n) is 16.6. The third kappa shape index (κ3) is 4.19. The van der Waals surface area contributed by atoms with Crippen molar-refractivity contribution in [3.8, 4) is 23.1 Å². The molecule has 0 saturated carbocycles. The second-order valence-electron chi connectivity index (χ2n) is 6.64. The molecule has 1 amide bonds. The number of anilines is 1. The number of hydrogen-bond donors (Lipinski definition) is 1. The van der Waals surface area contributed by atoms with Crippen molar-refractivity contribution in [3.05, 3.63) is 97.3 Å². The van der Waals surface area contributed by atoms with Crippen molar-refractivity contribution in [2.75, 3.05) is 5.32 Å². The number of para-hydroxylation sites is 1. The van der Waals surface area contributed by atoms with E-state index < -0.39 is 0 Å². The first-order valence-corrected chi connectivity index (χ1v) is 9.64. The van der Waals surface area contributed by atoms with E-state index in [1.807, 2.05) is 30.3 Å². The third-order valence-electron chi connectivity index (χ3n) is 4.44. The Labute approximate surface area is 182 Å². The molecule has 0 bridgehead atoms. The summed E-state index contributed by atoms with van der Waals surface area (Å²) in [6.07, 6.45) is 6.50. The SMILES string of the molecule is O=C(Nc1ccc(Oc2ccc(-n3ccnc3)nn2)cc1)c1cnn(-c2ccccc2)n1. The Kier molecular flexibility index (Phi) is 5.07. The number of carbonyl (C=O) groups is 1. The van der Waals surface area contributed by atoms with Crippen LogP contribution in [0.5, 0.6) is 11.6 Å². The van der Waals surface area contributed by atoms with Crippen LogP contribution in [0.25, 0.3) is 11.5 Å². The molecular formula is C22H16N8O2. The van der Waals surface area contributed by atoms with E-state index in [0.29, 0.717) is 23.1 Å². The van der Waals surface area contributed by atoms with Gasteiger partial charge >= 0.3 is 0 Å². The Balaban J connectivity index is 1.21. The molecule has 5 aromatic rings. The normalized spacial score (nSPS) is 10.6. The van der Waals surface area contributed by atoms with Crippen molar-refractivity contribution in [1.29, 1.82) is 0 Å². The summed E-state index contributed by atoms with van der Waals surface area (Å²) in [5.41, 5.74) is 1.58. The molecule has 10 nitrogen and oxygen atoms in total. The van der Waals surface area contributed by atoms with Gasteiger partial charge in [0, 0.05) is 24.1 Å². The first-order valence-electron chi connectivity index (χ1n) is 9.64. The van der Waals surface area contributed by atoms with Gasteiger partial charge in [-0.25, -0.2) is 4.98 Å². The predicted octanol–water partition coefficient (Wildman–Crippen LogP) is 3.29. The fourth-order valence-corrected chi connectivity index (χ4v) is 2.87. The molecule has 0 aliphatic heterocycles. The summed E-state index contributed by atoms with van der Waals surface area (Å²) in [4.78, 5) is 17.9. The van der Waals surface area contributed by atoms with Gasteiger partial charge in [-0.3, -0.25) is 9.36 Å². The van der Waals surface area contributed by atoms with E-state index in [9.17, 15) is 4.79 Å². The number of imidazole rings is 1. The molecule has 2 aromatic carbocycles. The van der Waals surface area contributed by atoms with Crippen LogP contribution in [0, 0.1) is 0 Å². The molecule has 0 aliphatic carbocycles. The standard InChI is InChI=1S/C22H16N8O2/c31-22(19-14-24-30(28-19)17-4-2-1-3-5-17)25-16-6-8-18(9-7-16)32-21-11-10-20(26-27-21)29-13-12-23-15-29/h1-15H,(H,25,31). The minimum Gasteiger partial charge on any atom is -0.438 e. The molecule has 1 N–H and O–H groups in total. The van der Waals surface area contributed by atoms with Crippen LogP contribution in [0.15, 0.2) is 91.6 Å². The van der Waals surface area contributed by atoms with Gasteiger partial charge in [-0.1, -0.05) is 18.2 Å². The van der Waals surface area contributed by atoms with Crippen LogP contribution in [0.2, 0.25) is 0 Å². The Hall–Kier alpha value is -4.86. The second-order valence-corrected chi connectivity index (χ2v) is 6.64. The number of aromatic nitrogens is 7. The summed E-state index contributed by atoms with van der Waals surface area (Å²) < 4.78 is 7.45. The van der Waals surface area contributed by atoms with Crippen LogP contribution in [0.1, 0.15) is 10.5 Å². The van der Waals surface area contributed by atoms with Crippen molar-refractivity contribution in [3.63, 3.8) is 0 Å². The topological polar surface area (TPSA) is 113 Å². The van der Waals surface area contributed by atoms with Crippen LogP contribution in [-0.2, 0) is 0 Å². The van der Waals surface area contributed by atoms with Crippen LogP contribution in [0.4, 0.5) is 5.69 Å².